The van der Waals surface area contributed by atoms with Crippen LogP contribution in [0.2, 0.25) is 0 Å². The Morgan fingerprint density at radius 2 is 1.77 bits per heavy atom. The van der Waals surface area contributed by atoms with Crippen LogP contribution in [0.3, 0.4) is 0 Å². The minimum atomic E-state index is -0.457. The number of hydrogen-bond donors (Lipinski definition) is 0. The van der Waals surface area contributed by atoms with E-state index < -0.39 is 5.60 Å². The van der Waals surface area contributed by atoms with Crippen molar-refractivity contribution in [2.45, 2.75) is 33.0 Å². The van der Waals surface area contributed by atoms with Crippen molar-refractivity contribution in [1.29, 1.82) is 0 Å². The molecule has 0 spiro atoms. The van der Waals surface area contributed by atoms with Crippen LogP contribution in [0, 0.1) is 0 Å². The number of carbonyl (C=O) groups excluding carboxylic acids is 1. The van der Waals surface area contributed by atoms with E-state index in [9.17, 15) is 4.79 Å². The van der Waals surface area contributed by atoms with Gasteiger partial charge in [0.25, 0.3) is 0 Å². The molecule has 0 aliphatic heterocycles. The predicted octanol–water partition coefficient (Wildman–Crippen LogP) is 3.96. The second-order valence-electron chi connectivity index (χ2n) is 5.91. The lowest BCUT2D eigenvalue weighted by atomic mass is 10.2. The Morgan fingerprint density at radius 3 is 2.41 bits per heavy atom. The number of nitrogens with zero attached hydrogens (tertiary/aromatic N) is 1. The standard InChI is InChI=1S/C18H21NO3/c1-18(2,3)22-19(14-20)16-10-7-11-17(12-16)21-13-15-8-5-4-6-9-15/h4-12,14H,13H2,1-3H3. The molecule has 2 aromatic rings. The summed E-state index contributed by atoms with van der Waals surface area (Å²) in [6.07, 6.45) is 0.654. The zero-order valence-electron chi connectivity index (χ0n) is 13.2. The molecule has 0 N–H and O–H groups in total. The van der Waals surface area contributed by atoms with Gasteiger partial charge in [-0.15, -0.1) is 0 Å². The number of ether oxygens (including phenoxy) is 1. The molecule has 0 aliphatic carbocycles. The maximum absolute atomic E-state index is 11.2. The Kier molecular flexibility index (Phi) is 5.17. The Labute approximate surface area is 131 Å². The minimum absolute atomic E-state index is 0.457. The summed E-state index contributed by atoms with van der Waals surface area (Å²) in [5.41, 5.74) is 1.27. The van der Waals surface area contributed by atoms with Gasteiger partial charge in [0, 0.05) is 6.07 Å². The summed E-state index contributed by atoms with van der Waals surface area (Å²) in [5, 5.41) is 1.22. The van der Waals surface area contributed by atoms with Crippen molar-refractivity contribution in [3.63, 3.8) is 0 Å². The van der Waals surface area contributed by atoms with Gasteiger partial charge < -0.3 is 4.74 Å². The lowest BCUT2D eigenvalue weighted by molar-refractivity contribution is -0.120. The molecule has 0 aromatic heterocycles. The number of benzene rings is 2. The first kappa shape index (κ1) is 16.0. The van der Waals surface area contributed by atoms with Crippen LogP contribution in [-0.2, 0) is 16.2 Å². The zero-order valence-corrected chi connectivity index (χ0v) is 13.2. The second kappa shape index (κ2) is 7.09. The summed E-state index contributed by atoms with van der Waals surface area (Å²) >= 11 is 0. The molecular weight excluding hydrogens is 278 g/mol. The second-order valence-corrected chi connectivity index (χ2v) is 5.91. The Hall–Kier alpha value is -2.33. The first-order chi connectivity index (χ1) is 10.5. The van der Waals surface area contributed by atoms with Crippen molar-refractivity contribution in [2.75, 3.05) is 5.06 Å². The average Bonchev–Trinajstić information content (AvgIpc) is 2.51. The lowest BCUT2D eigenvalue weighted by Crippen LogP contribution is -2.32. The van der Waals surface area contributed by atoms with Gasteiger partial charge >= 0.3 is 0 Å². The molecule has 22 heavy (non-hydrogen) atoms. The lowest BCUT2D eigenvalue weighted by Gasteiger charge is -2.26. The molecule has 0 heterocycles. The number of anilines is 1. The van der Waals surface area contributed by atoms with E-state index >= 15 is 0 Å². The molecular formula is C18H21NO3. The number of hydrogen-bond acceptors (Lipinski definition) is 3. The van der Waals surface area contributed by atoms with Crippen molar-refractivity contribution < 1.29 is 14.4 Å². The molecule has 1 amide bonds. The topological polar surface area (TPSA) is 38.8 Å². The average molecular weight is 299 g/mol. The quantitative estimate of drug-likeness (QED) is 0.598. The molecule has 0 saturated heterocycles. The van der Waals surface area contributed by atoms with Gasteiger partial charge in [0.2, 0.25) is 6.41 Å². The summed E-state index contributed by atoms with van der Waals surface area (Å²) in [6.45, 7) is 6.14. The fourth-order valence-electron chi connectivity index (χ4n) is 1.88. The molecule has 4 heteroatoms. The highest BCUT2D eigenvalue weighted by Crippen LogP contribution is 2.23. The normalized spacial score (nSPS) is 11.0. The summed E-state index contributed by atoms with van der Waals surface area (Å²) in [6, 6.07) is 17.2. The molecule has 0 atom stereocenters. The maximum Gasteiger partial charge on any atom is 0.238 e. The molecule has 0 bridgehead atoms. The van der Waals surface area contributed by atoms with E-state index in [1.807, 2.05) is 63.2 Å². The van der Waals surface area contributed by atoms with Gasteiger partial charge in [0.15, 0.2) is 0 Å². The van der Waals surface area contributed by atoms with E-state index in [0.29, 0.717) is 24.5 Å². The highest BCUT2D eigenvalue weighted by Gasteiger charge is 2.17. The van der Waals surface area contributed by atoms with Crippen molar-refractivity contribution in [3.05, 3.63) is 60.2 Å². The van der Waals surface area contributed by atoms with Crippen molar-refractivity contribution in [1.82, 2.24) is 0 Å². The van der Waals surface area contributed by atoms with E-state index in [1.54, 1.807) is 12.1 Å². The van der Waals surface area contributed by atoms with Crippen LogP contribution in [0.5, 0.6) is 5.75 Å². The monoisotopic (exact) mass is 299 g/mol. The number of carbonyl (C=O) groups is 1. The predicted molar refractivity (Wildman–Crippen MR) is 86.6 cm³/mol. The van der Waals surface area contributed by atoms with E-state index in [4.69, 9.17) is 9.57 Å². The van der Waals surface area contributed by atoms with E-state index in [2.05, 4.69) is 0 Å². The largest absolute Gasteiger partial charge is 0.489 e. The van der Waals surface area contributed by atoms with Crippen LogP contribution in [0.4, 0.5) is 5.69 Å². The highest BCUT2D eigenvalue weighted by molar-refractivity contribution is 5.72. The molecule has 0 radical (unpaired) electrons. The molecule has 0 aliphatic rings. The van der Waals surface area contributed by atoms with Crippen LogP contribution in [-0.4, -0.2) is 12.0 Å². The van der Waals surface area contributed by atoms with Gasteiger partial charge in [-0.05, 0) is 38.5 Å². The first-order valence-corrected chi connectivity index (χ1v) is 7.18. The van der Waals surface area contributed by atoms with Gasteiger partial charge in [-0.25, -0.2) is 0 Å². The molecule has 116 valence electrons. The van der Waals surface area contributed by atoms with Crippen molar-refractivity contribution in [2.24, 2.45) is 0 Å². The van der Waals surface area contributed by atoms with Crippen molar-refractivity contribution >= 4 is 12.1 Å². The van der Waals surface area contributed by atoms with Crippen LogP contribution in [0.15, 0.2) is 54.6 Å². The molecule has 0 fully saturated rings. The molecule has 2 aromatic carbocycles. The van der Waals surface area contributed by atoms with Crippen LogP contribution in [0.25, 0.3) is 0 Å². The Balaban J connectivity index is 2.07. The molecule has 4 nitrogen and oxygen atoms in total. The third-order valence-corrected chi connectivity index (χ3v) is 2.79. The summed E-state index contributed by atoms with van der Waals surface area (Å²) in [5.74, 6) is 0.686. The van der Waals surface area contributed by atoms with Crippen molar-refractivity contribution in [3.8, 4) is 5.75 Å². The number of hydroxylamine groups is 1. The summed E-state index contributed by atoms with van der Waals surface area (Å²) in [7, 11) is 0. The zero-order chi connectivity index (χ0) is 16.0. The van der Waals surface area contributed by atoms with E-state index in [1.165, 1.54) is 5.06 Å². The minimum Gasteiger partial charge on any atom is -0.489 e. The van der Waals surface area contributed by atoms with Crippen LogP contribution >= 0.6 is 0 Å². The Bertz CT molecular complexity index is 605. The van der Waals surface area contributed by atoms with E-state index in [-0.39, 0.29) is 0 Å². The molecule has 0 saturated carbocycles. The first-order valence-electron chi connectivity index (χ1n) is 7.18. The fraction of sp³-hybridized carbons (Fsp3) is 0.278. The Morgan fingerprint density at radius 1 is 1.05 bits per heavy atom. The van der Waals surface area contributed by atoms with Gasteiger partial charge in [-0.2, -0.15) is 5.06 Å². The van der Waals surface area contributed by atoms with Gasteiger partial charge in [0.05, 0.1) is 11.3 Å². The van der Waals surface area contributed by atoms with Gasteiger partial charge in [-0.3, -0.25) is 9.63 Å². The summed E-state index contributed by atoms with van der Waals surface area (Å²) in [4.78, 5) is 16.8. The van der Waals surface area contributed by atoms with Crippen LogP contribution < -0.4 is 9.80 Å². The summed E-state index contributed by atoms with van der Waals surface area (Å²) < 4.78 is 5.76. The molecule has 2 rings (SSSR count). The van der Waals surface area contributed by atoms with E-state index in [0.717, 1.165) is 5.56 Å². The number of amides is 1. The highest BCUT2D eigenvalue weighted by atomic mass is 16.7. The smallest absolute Gasteiger partial charge is 0.238 e. The SMILES string of the molecule is CC(C)(C)ON(C=O)c1cccc(OCc2ccccc2)c1. The fourth-order valence-corrected chi connectivity index (χ4v) is 1.88. The molecule has 0 unspecified atom stereocenters. The van der Waals surface area contributed by atoms with Gasteiger partial charge in [-0.1, -0.05) is 36.4 Å². The third-order valence-electron chi connectivity index (χ3n) is 2.79. The van der Waals surface area contributed by atoms with Gasteiger partial charge in [0.1, 0.15) is 12.4 Å². The number of rotatable bonds is 6. The van der Waals surface area contributed by atoms with Crippen LogP contribution in [0.1, 0.15) is 26.3 Å². The third kappa shape index (κ3) is 4.90. The maximum atomic E-state index is 11.2.